The zero-order chi connectivity index (χ0) is 12.3. The van der Waals surface area contributed by atoms with Crippen LogP contribution in [0.3, 0.4) is 0 Å². The second-order valence-electron chi connectivity index (χ2n) is 4.52. The molecule has 1 rings (SSSR count). The number of aliphatic hydroxyl groups is 1. The van der Waals surface area contributed by atoms with Crippen molar-refractivity contribution in [3.05, 3.63) is 0 Å². The SMILES string of the molecule is CN(CC(=O)O)C(=O)N1CCC(C)(O)CC1. The minimum Gasteiger partial charge on any atom is -0.480 e. The van der Waals surface area contributed by atoms with E-state index in [4.69, 9.17) is 5.11 Å². The molecule has 0 saturated carbocycles. The maximum absolute atomic E-state index is 11.8. The molecule has 16 heavy (non-hydrogen) atoms. The Labute approximate surface area is 94.4 Å². The Morgan fingerprint density at radius 3 is 2.31 bits per heavy atom. The van der Waals surface area contributed by atoms with Gasteiger partial charge in [-0.25, -0.2) is 4.79 Å². The van der Waals surface area contributed by atoms with Crippen LogP contribution in [0.15, 0.2) is 0 Å². The predicted octanol–water partition coefficient (Wildman–Crippen LogP) is -0.0304. The van der Waals surface area contributed by atoms with E-state index in [-0.39, 0.29) is 12.6 Å². The molecule has 92 valence electrons. The number of rotatable bonds is 2. The van der Waals surface area contributed by atoms with Gasteiger partial charge in [0.15, 0.2) is 0 Å². The van der Waals surface area contributed by atoms with Crippen molar-refractivity contribution in [3.8, 4) is 0 Å². The number of likely N-dealkylation sites (tertiary alicyclic amines) is 1. The minimum atomic E-state index is -1.03. The number of hydrogen-bond donors (Lipinski definition) is 2. The molecule has 0 aromatic heterocycles. The Morgan fingerprint density at radius 2 is 1.88 bits per heavy atom. The van der Waals surface area contributed by atoms with Crippen LogP contribution in [-0.2, 0) is 4.79 Å². The summed E-state index contributed by atoms with van der Waals surface area (Å²) in [7, 11) is 1.46. The van der Waals surface area contributed by atoms with Crippen molar-refractivity contribution in [1.29, 1.82) is 0 Å². The lowest BCUT2D eigenvalue weighted by atomic mass is 9.94. The van der Waals surface area contributed by atoms with Crippen LogP contribution in [0.5, 0.6) is 0 Å². The van der Waals surface area contributed by atoms with Gasteiger partial charge in [0, 0.05) is 20.1 Å². The van der Waals surface area contributed by atoms with Gasteiger partial charge in [-0.15, -0.1) is 0 Å². The molecule has 0 unspecified atom stereocenters. The minimum absolute atomic E-state index is 0.294. The number of carbonyl (C=O) groups excluding carboxylic acids is 1. The van der Waals surface area contributed by atoms with E-state index in [0.29, 0.717) is 25.9 Å². The molecule has 1 heterocycles. The molecule has 0 aromatic carbocycles. The summed E-state index contributed by atoms with van der Waals surface area (Å²) < 4.78 is 0. The highest BCUT2D eigenvalue weighted by molar-refractivity contribution is 5.80. The first-order chi connectivity index (χ1) is 7.32. The van der Waals surface area contributed by atoms with E-state index in [1.165, 1.54) is 11.9 Å². The molecule has 1 aliphatic heterocycles. The number of carbonyl (C=O) groups is 2. The van der Waals surface area contributed by atoms with E-state index in [0.717, 1.165) is 0 Å². The Morgan fingerprint density at radius 1 is 1.38 bits per heavy atom. The van der Waals surface area contributed by atoms with E-state index in [1.807, 2.05) is 0 Å². The number of hydrogen-bond acceptors (Lipinski definition) is 3. The summed E-state index contributed by atoms with van der Waals surface area (Å²) in [5, 5.41) is 18.3. The van der Waals surface area contributed by atoms with Crippen molar-refractivity contribution in [2.75, 3.05) is 26.7 Å². The van der Waals surface area contributed by atoms with Gasteiger partial charge < -0.3 is 20.0 Å². The van der Waals surface area contributed by atoms with Crippen LogP contribution in [0, 0.1) is 0 Å². The Kier molecular flexibility index (Phi) is 3.74. The maximum Gasteiger partial charge on any atom is 0.323 e. The number of amides is 2. The summed E-state index contributed by atoms with van der Waals surface area (Å²) >= 11 is 0. The predicted molar refractivity (Wildman–Crippen MR) is 57.1 cm³/mol. The largest absolute Gasteiger partial charge is 0.480 e. The highest BCUT2D eigenvalue weighted by atomic mass is 16.4. The highest BCUT2D eigenvalue weighted by Gasteiger charge is 2.30. The molecule has 1 aliphatic rings. The normalized spacial score (nSPS) is 19.3. The monoisotopic (exact) mass is 230 g/mol. The van der Waals surface area contributed by atoms with Gasteiger partial charge >= 0.3 is 12.0 Å². The van der Waals surface area contributed by atoms with Crippen molar-refractivity contribution >= 4 is 12.0 Å². The van der Waals surface area contributed by atoms with Gasteiger partial charge in [-0.2, -0.15) is 0 Å². The number of likely N-dealkylation sites (N-methyl/N-ethyl adjacent to an activating group) is 1. The quantitative estimate of drug-likeness (QED) is 0.698. The average molecular weight is 230 g/mol. The van der Waals surface area contributed by atoms with Crippen molar-refractivity contribution in [2.24, 2.45) is 0 Å². The molecule has 2 amide bonds. The number of nitrogens with zero attached hydrogens (tertiary/aromatic N) is 2. The fourth-order valence-electron chi connectivity index (χ4n) is 1.69. The van der Waals surface area contributed by atoms with Gasteiger partial charge in [0.05, 0.1) is 5.60 Å². The van der Waals surface area contributed by atoms with E-state index >= 15 is 0 Å². The standard InChI is InChI=1S/C10H18N2O4/c1-10(16)3-5-12(6-4-10)9(15)11(2)7-8(13)14/h16H,3-7H2,1-2H3,(H,13,14). The first kappa shape index (κ1) is 12.8. The molecular weight excluding hydrogens is 212 g/mol. The van der Waals surface area contributed by atoms with Crippen LogP contribution in [0.1, 0.15) is 19.8 Å². The Balaban J connectivity index is 2.47. The molecule has 0 aliphatic carbocycles. The number of aliphatic carboxylic acids is 1. The van der Waals surface area contributed by atoms with Crippen molar-refractivity contribution in [3.63, 3.8) is 0 Å². The van der Waals surface area contributed by atoms with E-state index in [1.54, 1.807) is 11.8 Å². The van der Waals surface area contributed by atoms with Gasteiger partial charge in [-0.1, -0.05) is 0 Å². The van der Waals surface area contributed by atoms with Crippen LogP contribution in [0.2, 0.25) is 0 Å². The number of piperidine rings is 1. The molecule has 0 spiro atoms. The molecule has 1 fully saturated rings. The van der Waals surface area contributed by atoms with Gasteiger partial charge in [0.2, 0.25) is 0 Å². The molecule has 6 heteroatoms. The summed E-state index contributed by atoms with van der Waals surface area (Å²) in [5.41, 5.74) is -0.706. The summed E-state index contributed by atoms with van der Waals surface area (Å²) in [4.78, 5) is 24.9. The topological polar surface area (TPSA) is 81.1 Å². The van der Waals surface area contributed by atoms with Crippen molar-refractivity contribution < 1.29 is 19.8 Å². The number of urea groups is 1. The summed E-state index contributed by atoms with van der Waals surface area (Å²) in [6, 6.07) is -0.294. The molecule has 0 aromatic rings. The second-order valence-corrected chi connectivity index (χ2v) is 4.52. The van der Waals surface area contributed by atoms with Crippen molar-refractivity contribution in [1.82, 2.24) is 9.80 Å². The van der Waals surface area contributed by atoms with Crippen LogP contribution in [0.25, 0.3) is 0 Å². The zero-order valence-corrected chi connectivity index (χ0v) is 9.64. The summed E-state index contributed by atoms with van der Waals surface area (Å²) in [6.07, 6.45) is 1.05. The third-order valence-corrected chi connectivity index (χ3v) is 2.81. The number of carboxylic acid groups (broad SMARTS) is 1. The molecule has 0 atom stereocenters. The first-order valence-electron chi connectivity index (χ1n) is 5.26. The number of carboxylic acids is 1. The molecule has 0 radical (unpaired) electrons. The molecule has 1 saturated heterocycles. The Bertz CT molecular complexity index is 281. The lowest BCUT2D eigenvalue weighted by Gasteiger charge is -2.37. The van der Waals surface area contributed by atoms with E-state index < -0.39 is 11.6 Å². The van der Waals surface area contributed by atoms with Crippen LogP contribution in [0.4, 0.5) is 4.79 Å². The van der Waals surface area contributed by atoms with E-state index in [2.05, 4.69) is 0 Å². The molecule has 0 bridgehead atoms. The highest BCUT2D eigenvalue weighted by Crippen LogP contribution is 2.21. The van der Waals surface area contributed by atoms with Crippen LogP contribution >= 0.6 is 0 Å². The maximum atomic E-state index is 11.8. The molecule has 2 N–H and O–H groups in total. The molecule has 6 nitrogen and oxygen atoms in total. The fourth-order valence-corrected chi connectivity index (χ4v) is 1.69. The van der Waals surface area contributed by atoms with Gasteiger partial charge in [0.25, 0.3) is 0 Å². The van der Waals surface area contributed by atoms with E-state index in [9.17, 15) is 14.7 Å². The lowest BCUT2D eigenvalue weighted by molar-refractivity contribution is -0.137. The third kappa shape index (κ3) is 3.37. The van der Waals surface area contributed by atoms with Gasteiger partial charge in [0.1, 0.15) is 6.54 Å². The van der Waals surface area contributed by atoms with Gasteiger partial charge in [-0.05, 0) is 19.8 Å². The Hall–Kier alpha value is -1.30. The molecular formula is C10H18N2O4. The zero-order valence-electron chi connectivity index (χ0n) is 9.64. The summed E-state index contributed by atoms with van der Waals surface area (Å²) in [5.74, 6) is -1.03. The van der Waals surface area contributed by atoms with Crippen LogP contribution in [-0.4, -0.2) is 64.3 Å². The second kappa shape index (κ2) is 4.69. The lowest BCUT2D eigenvalue weighted by Crippen LogP contribution is -2.50. The first-order valence-corrected chi connectivity index (χ1v) is 5.26. The summed E-state index contributed by atoms with van der Waals surface area (Å²) in [6.45, 7) is 2.38. The van der Waals surface area contributed by atoms with Gasteiger partial charge in [-0.3, -0.25) is 4.79 Å². The van der Waals surface area contributed by atoms with Crippen molar-refractivity contribution in [2.45, 2.75) is 25.4 Å². The van der Waals surface area contributed by atoms with Crippen LogP contribution < -0.4 is 0 Å². The smallest absolute Gasteiger partial charge is 0.323 e. The fraction of sp³-hybridized carbons (Fsp3) is 0.800. The third-order valence-electron chi connectivity index (χ3n) is 2.81. The average Bonchev–Trinajstić information content (AvgIpc) is 2.15.